The van der Waals surface area contributed by atoms with Crippen molar-refractivity contribution in [1.29, 1.82) is 0 Å². The zero-order valence-corrected chi connectivity index (χ0v) is 16.1. The molecule has 0 spiro atoms. The highest BCUT2D eigenvalue weighted by atomic mass is 16.3. The summed E-state index contributed by atoms with van der Waals surface area (Å²) in [7, 11) is 1.75. The van der Waals surface area contributed by atoms with Crippen molar-refractivity contribution in [2.75, 3.05) is 12.8 Å². The van der Waals surface area contributed by atoms with Gasteiger partial charge >= 0.3 is 0 Å². The first-order chi connectivity index (χ1) is 13.9. The van der Waals surface area contributed by atoms with E-state index >= 15 is 0 Å². The van der Waals surface area contributed by atoms with E-state index in [1.165, 1.54) is 12.1 Å². The number of nitrogens with one attached hydrogen (secondary N) is 1. The van der Waals surface area contributed by atoms with E-state index in [2.05, 4.69) is 9.97 Å². The van der Waals surface area contributed by atoms with Crippen LogP contribution in [-0.4, -0.2) is 27.8 Å². The Morgan fingerprint density at radius 1 is 1.28 bits per heavy atom. The molecule has 0 aliphatic heterocycles. The molecule has 3 N–H and O–H groups in total. The van der Waals surface area contributed by atoms with Gasteiger partial charge in [0, 0.05) is 54.0 Å². The van der Waals surface area contributed by atoms with Crippen LogP contribution in [0, 0.1) is 6.92 Å². The molecule has 1 amide bonds. The molecule has 0 unspecified atom stereocenters. The number of hydrogen-bond donors (Lipinski definition) is 2. The number of para-hydroxylation sites is 1. The number of pyridine rings is 2. The molecule has 0 saturated carbocycles. The Bertz CT molecular complexity index is 1320. The first-order valence-electron chi connectivity index (χ1n) is 9.11. The third kappa shape index (κ3) is 3.62. The van der Waals surface area contributed by atoms with Gasteiger partial charge in [0.2, 0.25) is 5.91 Å². The highest BCUT2D eigenvalue weighted by Gasteiger charge is 2.14. The summed E-state index contributed by atoms with van der Waals surface area (Å²) in [5, 5.41) is 1.64. The number of furan rings is 1. The van der Waals surface area contributed by atoms with Gasteiger partial charge in [-0.25, -0.2) is 4.98 Å². The molecule has 0 radical (unpaired) electrons. The molecule has 7 nitrogen and oxygen atoms in total. The summed E-state index contributed by atoms with van der Waals surface area (Å²) in [4.78, 5) is 32.5. The molecule has 4 aromatic rings. The highest BCUT2D eigenvalue weighted by Crippen LogP contribution is 2.26. The Hall–Kier alpha value is -3.87. The molecule has 0 aliphatic carbocycles. The fraction of sp³-hybridized carbons (Fsp3) is 0.136. The van der Waals surface area contributed by atoms with Gasteiger partial charge < -0.3 is 20.0 Å². The lowest BCUT2D eigenvalue weighted by Crippen LogP contribution is -2.24. The second-order valence-corrected chi connectivity index (χ2v) is 6.91. The number of likely N-dealkylation sites (N-methyl/N-ethyl adjacent to an activating group) is 1. The number of benzene rings is 1. The van der Waals surface area contributed by atoms with Gasteiger partial charge in [0.05, 0.1) is 0 Å². The smallest absolute Gasteiger partial charge is 0.251 e. The number of hydrogen-bond acceptors (Lipinski definition) is 5. The number of amides is 1. The standard InChI is InChI=1S/C22H20N4O3/c1-13-17(15-5-3-4-6-19(15)29-13)12-26(2)21(28)8-7-14-9-16-18(23)10-20(27)25-22(16)24-11-14/h3-11H,12H2,1-2H3,(H3,23,24,25,27). The molecular weight excluding hydrogens is 368 g/mol. The summed E-state index contributed by atoms with van der Waals surface area (Å²) in [5.41, 5.74) is 8.88. The van der Waals surface area contributed by atoms with Crippen molar-refractivity contribution in [2.45, 2.75) is 13.5 Å². The number of nitrogens with zero attached hydrogens (tertiary/aromatic N) is 2. The van der Waals surface area contributed by atoms with Crippen molar-refractivity contribution in [3.05, 3.63) is 75.9 Å². The predicted molar refractivity (Wildman–Crippen MR) is 113 cm³/mol. The number of nitrogens with two attached hydrogens (primary N) is 1. The number of carbonyl (C=O) groups is 1. The van der Waals surface area contributed by atoms with E-state index in [4.69, 9.17) is 10.2 Å². The number of nitrogen functional groups attached to an aromatic ring is 1. The molecule has 146 valence electrons. The molecular formula is C22H20N4O3. The Balaban J connectivity index is 1.54. The van der Waals surface area contributed by atoms with Crippen molar-refractivity contribution >= 4 is 39.7 Å². The average molecular weight is 388 g/mol. The highest BCUT2D eigenvalue weighted by molar-refractivity contribution is 5.94. The minimum atomic E-state index is -0.301. The maximum Gasteiger partial charge on any atom is 0.251 e. The normalized spacial score (nSPS) is 11.5. The number of fused-ring (bicyclic) bond motifs is 2. The SMILES string of the molecule is Cc1oc2ccccc2c1CN(C)C(=O)C=Cc1cnc2[nH]c(=O)cc(N)c2c1. The van der Waals surface area contributed by atoms with E-state index in [-0.39, 0.29) is 11.5 Å². The van der Waals surface area contributed by atoms with Crippen LogP contribution in [0.2, 0.25) is 0 Å². The van der Waals surface area contributed by atoms with Crippen LogP contribution < -0.4 is 11.3 Å². The summed E-state index contributed by atoms with van der Waals surface area (Å²) in [5.74, 6) is 0.655. The molecule has 29 heavy (non-hydrogen) atoms. The molecule has 0 saturated heterocycles. The Labute approximate surface area is 166 Å². The van der Waals surface area contributed by atoms with Gasteiger partial charge in [-0.1, -0.05) is 18.2 Å². The zero-order valence-electron chi connectivity index (χ0n) is 16.1. The maximum atomic E-state index is 12.6. The van der Waals surface area contributed by atoms with Crippen LogP contribution in [0.25, 0.3) is 28.1 Å². The van der Waals surface area contributed by atoms with Gasteiger partial charge in [0.15, 0.2) is 0 Å². The van der Waals surface area contributed by atoms with Gasteiger partial charge in [-0.15, -0.1) is 0 Å². The maximum absolute atomic E-state index is 12.6. The molecule has 0 aliphatic rings. The number of anilines is 1. The topological polar surface area (TPSA) is 105 Å². The van der Waals surface area contributed by atoms with Crippen LogP contribution in [0.5, 0.6) is 0 Å². The largest absolute Gasteiger partial charge is 0.461 e. The van der Waals surface area contributed by atoms with Crippen molar-refractivity contribution in [2.24, 2.45) is 0 Å². The van der Waals surface area contributed by atoms with Crippen molar-refractivity contribution in [3.8, 4) is 0 Å². The molecule has 7 heteroatoms. The number of aromatic amines is 1. The molecule has 1 aromatic carbocycles. The second-order valence-electron chi connectivity index (χ2n) is 6.91. The van der Waals surface area contributed by atoms with Crippen LogP contribution >= 0.6 is 0 Å². The number of rotatable bonds is 4. The summed E-state index contributed by atoms with van der Waals surface area (Å²) >= 11 is 0. The summed E-state index contributed by atoms with van der Waals surface area (Å²) in [6.07, 6.45) is 4.74. The summed E-state index contributed by atoms with van der Waals surface area (Å²) in [6, 6.07) is 10.9. The number of aryl methyl sites for hydroxylation is 1. The van der Waals surface area contributed by atoms with E-state index in [1.807, 2.05) is 31.2 Å². The van der Waals surface area contributed by atoms with Crippen LogP contribution in [-0.2, 0) is 11.3 Å². The summed E-state index contributed by atoms with van der Waals surface area (Å²) < 4.78 is 5.77. The molecule has 3 heterocycles. The summed E-state index contributed by atoms with van der Waals surface area (Å²) in [6.45, 7) is 2.34. The molecule has 4 rings (SSSR count). The van der Waals surface area contributed by atoms with Crippen LogP contribution in [0.1, 0.15) is 16.9 Å². The third-order valence-electron chi connectivity index (χ3n) is 4.84. The number of H-pyrrole nitrogens is 1. The Morgan fingerprint density at radius 3 is 2.90 bits per heavy atom. The molecule has 0 fully saturated rings. The first-order valence-corrected chi connectivity index (χ1v) is 9.11. The van der Waals surface area contributed by atoms with Crippen molar-refractivity contribution in [1.82, 2.24) is 14.9 Å². The first kappa shape index (κ1) is 18.5. The molecule has 0 bridgehead atoms. The fourth-order valence-corrected chi connectivity index (χ4v) is 3.29. The monoisotopic (exact) mass is 388 g/mol. The molecule has 0 atom stereocenters. The third-order valence-corrected chi connectivity index (χ3v) is 4.84. The van der Waals surface area contributed by atoms with Crippen LogP contribution in [0.15, 0.2) is 57.9 Å². The lowest BCUT2D eigenvalue weighted by molar-refractivity contribution is -0.125. The Kier molecular flexibility index (Phi) is 4.64. The minimum Gasteiger partial charge on any atom is -0.461 e. The second kappa shape index (κ2) is 7.27. The van der Waals surface area contributed by atoms with E-state index in [9.17, 15) is 9.59 Å². The van der Waals surface area contributed by atoms with E-state index < -0.39 is 0 Å². The minimum absolute atomic E-state index is 0.149. The van der Waals surface area contributed by atoms with E-state index in [0.717, 1.165) is 22.3 Å². The van der Waals surface area contributed by atoms with Gasteiger partial charge in [-0.3, -0.25) is 9.59 Å². The van der Waals surface area contributed by atoms with Crippen molar-refractivity contribution < 1.29 is 9.21 Å². The predicted octanol–water partition coefficient (Wildman–Crippen LogP) is 3.23. The molecule has 3 aromatic heterocycles. The lowest BCUT2D eigenvalue weighted by Gasteiger charge is -2.15. The zero-order chi connectivity index (χ0) is 20.5. The number of carbonyl (C=O) groups excluding carboxylic acids is 1. The van der Waals surface area contributed by atoms with Crippen molar-refractivity contribution in [3.63, 3.8) is 0 Å². The van der Waals surface area contributed by atoms with Gasteiger partial charge in [-0.05, 0) is 30.7 Å². The van der Waals surface area contributed by atoms with Crippen LogP contribution in [0.4, 0.5) is 5.69 Å². The van der Waals surface area contributed by atoms with E-state index in [0.29, 0.717) is 28.8 Å². The van der Waals surface area contributed by atoms with Gasteiger partial charge in [0.25, 0.3) is 5.56 Å². The van der Waals surface area contributed by atoms with Crippen LogP contribution in [0.3, 0.4) is 0 Å². The Morgan fingerprint density at radius 2 is 2.07 bits per heavy atom. The van der Waals surface area contributed by atoms with Gasteiger partial charge in [0.1, 0.15) is 17.0 Å². The average Bonchev–Trinajstić information content (AvgIpc) is 3.01. The quantitative estimate of drug-likeness (QED) is 0.522. The number of aromatic nitrogens is 2. The van der Waals surface area contributed by atoms with Gasteiger partial charge in [-0.2, -0.15) is 0 Å². The fourth-order valence-electron chi connectivity index (χ4n) is 3.29. The van der Waals surface area contributed by atoms with E-state index in [1.54, 1.807) is 30.3 Å². The lowest BCUT2D eigenvalue weighted by atomic mass is 10.1.